The van der Waals surface area contributed by atoms with Crippen molar-refractivity contribution in [3.63, 3.8) is 0 Å². The van der Waals surface area contributed by atoms with Crippen LogP contribution in [0.2, 0.25) is 0 Å². The zero-order chi connectivity index (χ0) is 13.1. The molecule has 0 aliphatic heterocycles. The minimum Gasteiger partial charge on any atom is -0.491 e. The van der Waals surface area contributed by atoms with Crippen LogP contribution in [0, 0.1) is 5.41 Å². The third-order valence-electron chi connectivity index (χ3n) is 2.60. The third kappa shape index (κ3) is 4.02. The summed E-state index contributed by atoms with van der Waals surface area (Å²) in [5.41, 5.74) is 4.10. The van der Waals surface area contributed by atoms with Crippen LogP contribution >= 0.6 is 0 Å². The topological polar surface area (TPSA) is 47.3 Å². The first kappa shape index (κ1) is 14.0. The molecule has 0 radical (unpaired) electrons. The Morgan fingerprint density at radius 2 is 1.88 bits per heavy atom. The van der Waals surface area contributed by atoms with Gasteiger partial charge in [-0.2, -0.15) is 0 Å². The summed E-state index contributed by atoms with van der Waals surface area (Å²) in [6.07, 6.45) is 0.184. The second-order valence-electron chi connectivity index (χ2n) is 5.70. The van der Waals surface area contributed by atoms with Crippen LogP contribution in [-0.4, -0.2) is 6.10 Å². The molecule has 1 aromatic rings. The van der Waals surface area contributed by atoms with Gasteiger partial charge in [0.05, 0.1) is 12.1 Å². The Morgan fingerprint density at radius 3 is 2.35 bits per heavy atom. The average Bonchev–Trinajstić information content (AvgIpc) is 2.15. The smallest absolute Gasteiger partial charge is 0.120 e. The molecule has 3 N–H and O–H groups in total. The SMILES string of the molecule is CC(C)Oc1cccc(C(NN)C(C)(C)C)c1. The highest BCUT2D eigenvalue weighted by molar-refractivity contribution is 5.31. The summed E-state index contributed by atoms with van der Waals surface area (Å²) >= 11 is 0. The molecular weight excluding hydrogens is 212 g/mol. The van der Waals surface area contributed by atoms with Gasteiger partial charge < -0.3 is 4.74 Å². The van der Waals surface area contributed by atoms with Crippen LogP contribution in [0.5, 0.6) is 5.75 Å². The predicted molar refractivity (Wildman–Crippen MR) is 71.7 cm³/mol. The summed E-state index contributed by atoms with van der Waals surface area (Å²) < 4.78 is 5.69. The number of nitrogens with one attached hydrogen (secondary N) is 1. The third-order valence-corrected chi connectivity index (χ3v) is 2.60. The molecule has 1 atom stereocenters. The first-order chi connectivity index (χ1) is 7.84. The van der Waals surface area contributed by atoms with Gasteiger partial charge in [-0.05, 0) is 37.0 Å². The highest BCUT2D eigenvalue weighted by Crippen LogP contribution is 2.33. The van der Waals surface area contributed by atoms with Crippen molar-refractivity contribution in [2.45, 2.75) is 46.8 Å². The zero-order valence-corrected chi connectivity index (χ0v) is 11.4. The Bertz CT molecular complexity index is 355. The summed E-state index contributed by atoms with van der Waals surface area (Å²) in [7, 11) is 0. The lowest BCUT2D eigenvalue weighted by atomic mass is 9.83. The lowest BCUT2D eigenvalue weighted by molar-refractivity contribution is 0.240. The van der Waals surface area contributed by atoms with Gasteiger partial charge in [0.25, 0.3) is 0 Å². The molecular formula is C14H24N2O. The van der Waals surface area contributed by atoms with Crippen molar-refractivity contribution in [2.24, 2.45) is 11.3 Å². The zero-order valence-electron chi connectivity index (χ0n) is 11.4. The number of ether oxygens (including phenoxy) is 1. The van der Waals surface area contributed by atoms with Crippen molar-refractivity contribution in [1.82, 2.24) is 5.43 Å². The van der Waals surface area contributed by atoms with E-state index >= 15 is 0 Å². The molecule has 0 bridgehead atoms. The van der Waals surface area contributed by atoms with Crippen molar-refractivity contribution >= 4 is 0 Å². The number of benzene rings is 1. The molecule has 0 aromatic heterocycles. The molecule has 0 amide bonds. The fourth-order valence-electron chi connectivity index (χ4n) is 1.89. The Balaban J connectivity index is 2.97. The van der Waals surface area contributed by atoms with E-state index in [1.807, 2.05) is 26.0 Å². The molecule has 17 heavy (non-hydrogen) atoms. The van der Waals surface area contributed by atoms with E-state index in [2.05, 4.69) is 38.3 Å². The molecule has 0 fully saturated rings. The van der Waals surface area contributed by atoms with E-state index < -0.39 is 0 Å². The maximum Gasteiger partial charge on any atom is 0.120 e. The van der Waals surface area contributed by atoms with Crippen LogP contribution in [0.25, 0.3) is 0 Å². The summed E-state index contributed by atoms with van der Waals surface area (Å²) in [6, 6.07) is 8.21. The summed E-state index contributed by atoms with van der Waals surface area (Å²) in [5, 5.41) is 0. The molecule has 3 heteroatoms. The predicted octanol–water partition coefficient (Wildman–Crippen LogP) is 3.02. The second kappa shape index (κ2) is 5.52. The van der Waals surface area contributed by atoms with Gasteiger partial charge in [-0.25, -0.2) is 0 Å². The van der Waals surface area contributed by atoms with Gasteiger partial charge in [0.15, 0.2) is 0 Å². The highest BCUT2D eigenvalue weighted by Gasteiger charge is 2.25. The number of rotatable bonds is 4. The molecule has 1 rings (SSSR count). The van der Waals surface area contributed by atoms with E-state index in [1.165, 1.54) is 0 Å². The fraction of sp³-hybridized carbons (Fsp3) is 0.571. The van der Waals surface area contributed by atoms with Crippen molar-refractivity contribution in [3.8, 4) is 5.75 Å². The lowest BCUT2D eigenvalue weighted by Gasteiger charge is -2.30. The van der Waals surface area contributed by atoms with Crippen molar-refractivity contribution < 1.29 is 4.74 Å². The van der Waals surface area contributed by atoms with Crippen LogP contribution in [0.1, 0.15) is 46.2 Å². The Morgan fingerprint density at radius 1 is 1.24 bits per heavy atom. The van der Waals surface area contributed by atoms with Crippen LogP contribution in [0.4, 0.5) is 0 Å². The van der Waals surface area contributed by atoms with Crippen molar-refractivity contribution in [3.05, 3.63) is 29.8 Å². The highest BCUT2D eigenvalue weighted by atomic mass is 16.5. The molecule has 0 aliphatic rings. The number of hydrazine groups is 1. The molecule has 96 valence electrons. The second-order valence-corrected chi connectivity index (χ2v) is 5.70. The van der Waals surface area contributed by atoms with E-state index in [4.69, 9.17) is 10.6 Å². The van der Waals surface area contributed by atoms with Gasteiger partial charge in [0.2, 0.25) is 0 Å². The fourth-order valence-corrected chi connectivity index (χ4v) is 1.89. The summed E-state index contributed by atoms with van der Waals surface area (Å²) in [6.45, 7) is 10.5. The van der Waals surface area contributed by atoms with Crippen LogP contribution in [0.3, 0.4) is 0 Å². The summed E-state index contributed by atoms with van der Waals surface area (Å²) in [5.74, 6) is 6.54. The Hall–Kier alpha value is -1.06. The first-order valence-electron chi connectivity index (χ1n) is 6.07. The van der Waals surface area contributed by atoms with Crippen molar-refractivity contribution in [2.75, 3.05) is 0 Å². The van der Waals surface area contributed by atoms with Gasteiger partial charge in [0.1, 0.15) is 5.75 Å². The van der Waals surface area contributed by atoms with Crippen LogP contribution in [0.15, 0.2) is 24.3 Å². The molecule has 0 saturated carbocycles. The standard InChI is InChI=1S/C14H24N2O/c1-10(2)17-12-8-6-7-11(9-12)13(16-15)14(3,4)5/h6-10,13,16H,15H2,1-5H3. The maximum absolute atomic E-state index is 5.69. The molecule has 1 aromatic carbocycles. The molecule has 3 nitrogen and oxygen atoms in total. The van der Waals surface area contributed by atoms with Gasteiger partial charge >= 0.3 is 0 Å². The number of hydrogen-bond acceptors (Lipinski definition) is 3. The Labute approximate surface area is 104 Å². The lowest BCUT2D eigenvalue weighted by Crippen LogP contribution is -2.36. The molecule has 1 unspecified atom stereocenters. The van der Waals surface area contributed by atoms with Gasteiger partial charge in [-0.3, -0.25) is 11.3 Å². The molecule has 0 saturated heterocycles. The first-order valence-corrected chi connectivity index (χ1v) is 6.07. The van der Waals surface area contributed by atoms with E-state index in [0.717, 1.165) is 11.3 Å². The molecule has 0 aliphatic carbocycles. The van der Waals surface area contributed by atoms with Crippen LogP contribution < -0.4 is 16.0 Å². The number of hydrogen-bond donors (Lipinski definition) is 2. The molecule has 0 heterocycles. The Kier molecular flexibility index (Phi) is 4.54. The molecule has 0 spiro atoms. The minimum absolute atomic E-state index is 0.0607. The van der Waals surface area contributed by atoms with Gasteiger partial charge in [-0.15, -0.1) is 0 Å². The number of nitrogens with two attached hydrogens (primary N) is 1. The largest absolute Gasteiger partial charge is 0.491 e. The van der Waals surface area contributed by atoms with Gasteiger partial charge in [-0.1, -0.05) is 32.9 Å². The van der Waals surface area contributed by atoms with E-state index in [9.17, 15) is 0 Å². The van der Waals surface area contributed by atoms with Crippen LogP contribution in [-0.2, 0) is 0 Å². The summed E-state index contributed by atoms with van der Waals surface area (Å²) in [4.78, 5) is 0. The monoisotopic (exact) mass is 236 g/mol. The van der Waals surface area contributed by atoms with E-state index in [-0.39, 0.29) is 17.6 Å². The quantitative estimate of drug-likeness (QED) is 0.624. The minimum atomic E-state index is 0.0607. The average molecular weight is 236 g/mol. The van der Waals surface area contributed by atoms with E-state index in [0.29, 0.717) is 0 Å². The maximum atomic E-state index is 5.69. The van der Waals surface area contributed by atoms with Crippen molar-refractivity contribution in [1.29, 1.82) is 0 Å². The normalized spacial score (nSPS) is 13.8. The van der Waals surface area contributed by atoms with Gasteiger partial charge in [0, 0.05) is 0 Å². The van der Waals surface area contributed by atoms with E-state index in [1.54, 1.807) is 0 Å².